The predicted molar refractivity (Wildman–Crippen MR) is 83.5 cm³/mol. The Hall–Kier alpha value is -2.97. The molecule has 0 saturated carbocycles. The van der Waals surface area contributed by atoms with E-state index >= 15 is 0 Å². The van der Waals surface area contributed by atoms with Crippen LogP contribution in [0.1, 0.15) is 17.2 Å². The highest BCUT2D eigenvalue weighted by Crippen LogP contribution is 2.32. The van der Waals surface area contributed by atoms with E-state index in [1.165, 1.54) is 24.3 Å². The Morgan fingerprint density at radius 3 is 2.54 bits per heavy atom. The second-order valence-electron chi connectivity index (χ2n) is 5.77. The Morgan fingerprint density at radius 2 is 1.92 bits per heavy atom. The molecular weight excluding hydrogens is 354 g/mol. The number of carbonyl (C=O) groups is 2. The van der Waals surface area contributed by atoms with E-state index in [0.29, 0.717) is 5.56 Å². The summed E-state index contributed by atoms with van der Waals surface area (Å²) in [4.78, 5) is 27.8. The van der Waals surface area contributed by atoms with E-state index in [0.717, 1.165) is 18.3 Å². The molecule has 1 aliphatic heterocycles. The third-order valence-corrected chi connectivity index (χ3v) is 4.10. The molecule has 0 radical (unpaired) electrons. The Labute approximate surface area is 145 Å². The van der Waals surface area contributed by atoms with E-state index in [-0.39, 0.29) is 12.2 Å². The molecule has 2 aromatic rings. The van der Waals surface area contributed by atoms with Crippen LogP contribution in [0.3, 0.4) is 0 Å². The lowest BCUT2D eigenvalue weighted by molar-refractivity contribution is -0.141. The van der Waals surface area contributed by atoms with Crippen LogP contribution < -0.4 is 10.6 Å². The van der Waals surface area contributed by atoms with Gasteiger partial charge in [0.05, 0.1) is 5.69 Å². The summed E-state index contributed by atoms with van der Waals surface area (Å²) in [5.74, 6) is -3.89. The third kappa shape index (κ3) is 3.51. The van der Waals surface area contributed by atoms with Gasteiger partial charge >= 0.3 is 6.18 Å². The van der Waals surface area contributed by atoms with Gasteiger partial charge in [-0.15, -0.1) is 0 Å². The highest BCUT2D eigenvalue weighted by atomic mass is 19.4. The van der Waals surface area contributed by atoms with Crippen LogP contribution in [0.2, 0.25) is 0 Å². The Balaban J connectivity index is 1.82. The van der Waals surface area contributed by atoms with Crippen LogP contribution >= 0.6 is 0 Å². The summed E-state index contributed by atoms with van der Waals surface area (Å²) in [7, 11) is 0. The van der Waals surface area contributed by atoms with Crippen LogP contribution in [0.25, 0.3) is 0 Å². The van der Waals surface area contributed by atoms with Gasteiger partial charge < -0.3 is 10.6 Å². The number of hydrogen-bond donors (Lipinski definition) is 2. The second-order valence-corrected chi connectivity index (χ2v) is 5.77. The topological polar surface area (TPSA) is 71.1 Å². The molecule has 1 saturated heterocycles. The Bertz CT molecular complexity index is 837. The lowest BCUT2D eigenvalue weighted by Crippen LogP contribution is -2.32. The number of hydrogen-bond acceptors (Lipinski definition) is 3. The molecule has 3 rings (SSSR count). The maximum Gasteiger partial charge on any atom is 0.433 e. The molecule has 2 unspecified atom stereocenters. The van der Waals surface area contributed by atoms with Gasteiger partial charge in [0.1, 0.15) is 17.4 Å². The second kappa shape index (κ2) is 6.74. The van der Waals surface area contributed by atoms with Crippen molar-refractivity contribution in [1.82, 2.24) is 10.3 Å². The molecule has 0 bridgehead atoms. The lowest BCUT2D eigenvalue weighted by atomic mass is 9.88. The highest BCUT2D eigenvalue weighted by molar-refractivity contribution is 6.08. The van der Waals surface area contributed by atoms with Gasteiger partial charge in [0.2, 0.25) is 11.8 Å². The van der Waals surface area contributed by atoms with Gasteiger partial charge in [0.15, 0.2) is 0 Å². The molecule has 26 heavy (non-hydrogen) atoms. The van der Waals surface area contributed by atoms with Crippen LogP contribution in [-0.2, 0) is 15.8 Å². The number of anilines is 1. The fraction of sp³-hybridized carbons (Fsp3) is 0.235. The molecule has 2 amide bonds. The maximum atomic E-state index is 13.7. The number of carbonyl (C=O) groups excluding carboxylic acids is 2. The SMILES string of the molecule is O=C1NCC(c2ccc(C(F)(F)F)nc2)C1C(=O)Nc1ccccc1F. The van der Waals surface area contributed by atoms with Crippen molar-refractivity contribution in [3.63, 3.8) is 0 Å². The van der Waals surface area contributed by atoms with Gasteiger partial charge in [-0.25, -0.2) is 4.39 Å². The summed E-state index contributed by atoms with van der Waals surface area (Å²) >= 11 is 0. The third-order valence-electron chi connectivity index (χ3n) is 4.10. The summed E-state index contributed by atoms with van der Waals surface area (Å²) < 4.78 is 51.5. The number of alkyl halides is 3. The first-order valence-electron chi connectivity index (χ1n) is 7.63. The van der Waals surface area contributed by atoms with E-state index in [9.17, 15) is 27.2 Å². The number of halogens is 4. The van der Waals surface area contributed by atoms with E-state index in [4.69, 9.17) is 0 Å². The van der Waals surface area contributed by atoms with Gasteiger partial charge in [0.25, 0.3) is 0 Å². The minimum atomic E-state index is -4.58. The molecule has 2 heterocycles. The Kier molecular flexibility index (Phi) is 4.62. The molecule has 2 N–H and O–H groups in total. The smallest absolute Gasteiger partial charge is 0.355 e. The fourth-order valence-electron chi connectivity index (χ4n) is 2.80. The normalized spacial score (nSPS) is 19.9. The van der Waals surface area contributed by atoms with Crippen molar-refractivity contribution in [3.05, 3.63) is 59.7 Å². The van der Waals surface area contributed by atoms with Crippen LogP contribution in [0.15, 0.2) is 42.6 Å². The van der Waals surface area contributed by atoms with E-state index in [1.54, 1.807) is 0 Å². The summed E-state index contributed by atoms with van der Waals surface area (Å²) in [5, 5.41) is 4.84. The first-order valence-corrected chi connectivity index (χ1v) is 7.63. The van der Waals surface area contributed by atoms with Crippen molar-refractivity contribution in [2.75, 3.05) is 11.9 Å². The number of nitrogens with zero attached hydrogens (tertiary/aromatic N) is 1. The van der Waals surface area contributed by atoms with E-state index < -0.39 is 41.3 Å². The van der Waals surface area contributed by atoms with E-state index in [2.05, 4.69) is 15.6 Å². The number of aromatic nitrogens is 1. The molecule has 1 fully saturated rings. The maximum absolute atomic E-state index is 13.7. The van der Waals surface area contributed by atoms with Crippen LogP contribution in [-0.4, -0.2) is 23.3 Å². The first-order chi connectivity index (χ1) is 12.3. The monoisotopic (exact) mass is 367 g/mol. The zero-order chi connectivity index (χ0) is 18.9. The Morgan fingerprint density at radius 1 is 1.19 bits per heavy atom. The minimum absolute atomic E-state index is 0.0707. The van der Waals surface area contributed by atoms with Crippen molar-refractivity contribution >= 4 is 17.5 Å². The van der Waals surface area contributed by atoms with Crippen molar-refractivity contribution < 1.29 is 27.2 Å². The van der Waals surface area contributed by atoms with Crippen LogP contribution in [0.5, 0.6) is 0 Å². The molecule has 0 aliphatic carbocycles. The van der Waals surface area contributed by atoms with Gasteiger partial charge in [-0.1, -0.05) is 18.2 Å². The average Bonchev–Trinajstić information content (AvgIpc) is 2.98. The zero-order valence-corrected chi connectivity index (χ0v) is 13.2. The lowest BCUT2D eigenvalue weighted by Gasteiger charge is -2.17. The largest absolute Gasteiger partial charge is 0.433 e. The average molecular weight is 367 g/mol. The fourth-order valence-corrected chi connectivity index (χ4v) is 2.80. The minimum Gasteiger partial charge on any atom is -0.355 e. The zero-order valence-electron chi connectivity index (χ0n) is 13.2. The quantitative estimate of drug-likeness (QED) is 0.647. The van der Waals surface area contributed by atoms with Gasteiger partial charge in [-0.05, 0) is 23.8 Å². The predicted octanol–water partition coefficient (Wildman–Crippen LogP) is 2.71. The van der Waals surface area contributed by atoms with Gasteiger partial charge in [-0.3, -0.25) is 14.6 Å². The van der Waals surface area contributed by atoms with E-state index in [1.807, 2.05) is 0 Å². The number of pyridine rings is 1. The molecule has 5 nitrogen and oxygen atoms in total. The number of nitrogens with one attached hydrogen (secondary N) is 2. The molecule has 2 atom stereocenters. The van der Waals surface area contributed by atoms with Crippen molar-refractivity contribution in [3.8, 4) is 0 Å². The van der Waals surface area contributed by atoms with Crippen LogP contribution in [0, 0.1) is 11.7 Å². The van der Waals surface area contributed by atoms with Crippen molar-refractivity contribution in [1.29, 1.82) is 0 Å². The molecular formula is C17H13F4N3O2. The summed E-state index contributed by atoms with van der Waals surface area (Å²) in [6.45, 7) is 0.0707. The number of benzene rings is 1. The summed E-state index contributed by atoms with van der Waals surface area (Å²) in [6, 6.07) is 7.44. The molecule has 9 heteroatoms. The van der Waals surface area contributed by atoms with Gasteiger partial charge in [0, 0.05) is 18.7 Å². The molecule has 1 aliphatic rings. The van der Waals surface area contributed by atoms with Gasteiger partial charge in [-0.2, -0.15) is 13.2 Å². The van der Waals surface area contributed by atoms with Crippen LogP contribution in [0.4, 0.5) is 23.2 Å². The van der Waals surface area contributed by atoms with Crippen molar-refractivity contribution in [2.24, 2.45) is 5.92 Å². The standard InChI is InChI=1S/C17H13F4N3O2/c18-11-3-1-2-4-12(11)24-16(26)14-10(8-23-15(14)25)9-5-6-13(22-7-9)17(19,20)21/h1-7,10,14H,8H2,(H,23,25)(H,24,26). The summed E-state index contributed by atoms with van der Waals surface area (Å²) in [5.41, 5.74) is -0.836. The molecule has 0 spiro atoms. The molecule has 1 aromatic heterocycles. The number of rotatable bonds is 3. The number of amides is 2. The highest BCUT2D eigenvalue weighted by Gasteiger charge is 2.42. The summed E-state index contributed by atoms with van der Waals surface area (Å²) in [6.07, 6.45) is -3.58. The molecule has 1 aromatic carbocycles. The molecule has 136 valence electrons. The number of para-hydroxylation sites is 1. The first kappa shape index (κ1) is 17.8. The van der Waals surface area contributed by atoms with Crippen molar-refractivity contribution in [2.45, 2.75) is 12.1 Å².